The van der Waals surface area contributed by atoms with Gasteiger partial charge in [-0.3, -0.25) is 0 Å². The summed E-state index contributed by atoms with van der Waals surface area (Å²) in [6.07, 6.45) is 0. The van der Waals surface area contributed by atoms with Crippen molar-refractivity contribution in [3.05, 3.63) is 204 Å². The summed E-state index contributed by atoms with van der Waals surface area (Å²) in [6, 6.07) is 68.4. The highest BCUT2D eigenvalue weighted by Crippen LogP contribution is 2.55. The molecular weight excluding hydrogens is 729 g/mol. The number of nitrogens with zero attached hydrogens (tertiary/aromatic N) is 2. The Morgan fingerprint density at radius 2 is 0.610 bits per heavy atom. The highest BCUT2D eigenvalue weighted by molar-refractivity contribution is 7.03. The Morgan fingerprint density at radius 1 is 0.322 bits per heavy atom. The van der Waals surface area contributed by atoms with E-state index in [2.05, 4.69) is 233 Å². The number of benzene rings is 8. The van der Waals surface area contributed by atoms with Crippen LogP contribution in [0.1, 0.15) is 49.9 Å². The van der Waals surface area contributed by atoms with E-state index in [1.807, 2.05) is 0 Å². The van der Waals surface area contributed by atoms with Crippen molar-refractivity contribution in [1.29, 1.82) is 0 Å². The highest BCUT2D eigenvalue weighted by atomic mass is 28.3. The molecular formula is C56H48N2Si. The van der Waals surface area contributed by atoms with Gasteiger partial charge in [-0.15, -0.1) is 0 Å². The third-order valence-corrected chi connectivity index (χ3v) is 17.4. The Balaban J connectivity index is 1.01. The third kappa shape index (κ3) is 5.11. The maximum atomic E-state index is 2.54. The van der Waals surface area contributed by atoms with Crippen LogP contribution in [0.5, 0.6) is 0 Å². The second kappa shape index (κ2) is 12.8. The van der Waals surface area contributed by atoms with Gasteiger partial charge in [0.05, 0.1) is 34.1 Å². The van der Waals surface area contributed by atoms with Crippen LogP contribution in [0.15, 0.2) is 182 Å². The fourth-order valence-corrected chi connectivity index (χ4v) is 13.9. The van der Waals surface area contributed by atoms with Gasteiger partial charge in [-0.05, 0) is 91.3 Å². The largest absolute Gasteiger partial charge is 0.309 e. The molecule has 0 radical (unpaired) electrons. The normalized spacial score (nSPS) is 16.0. The maximum absolute atomic E-state index is 2.54. The second-order valence-electron chi connectivity index (χ2n) is 18.2. The smallest absolute Gasteiger partial charge is 0.113 e. The summed E-state index contributed by atoms with van der Waals surface area (Å²) in [6.45, 7) is 14.5. The van der Waals surface area contributed by atoms with Crippen molar-refractivity contribution in [2.45, 2.75) is 51.6 Å². The highest BCUT2D eigenvalue weighted by Gasteiger charge is 2.41. The SMILES string of the molecule is CC1(C)c2ccccc2N(c2ccccc2-c2ccc3c(c2)[Si](C)(C)c2cc(-c4ccccc4N4c5ccccc5C(C)(C)c5ccccc54)ccc2-3)c2ccccc21. The zero-order valence-corrected chi connectivity index (χ0v) is 35.7. The molecule has 8 aromatic carbocycles. The van der Waals surface area contributed by atoms with Crippen molar-refractivity contribution in [2.75, 3.05) is 9.80 Å². The van der Waals surface area contributed by atoms with Crippen molar-refractivity contribution < 1.29 is 0 Å². The molecule has 0 amide bonds. The van der Waals surface area contributed by atoms with E-state index >= 15 is 0 Å². The first kappa shape index (κ1) is 35.7. The van der Waals surface area contributed by atoms with E-state index in [1.165, 1.54) is 100 Å². The lowest BCUT2D eigenvalue weighted by Crippen LogP contribution is -2.49. The average Bonchev–Trinajstić information content (AvgIpc) is 3.49. The maximum Gasteiger partial charge on any atom is 0.113 e. The van der Waals surface area contributed by atoms with Gasteiger partial charge in [-0.1, -0.05) is 186 Å². The van der Waals surface area contributed by atoms with E-state index in [4.69, 9.17) is 0 Å². The van der Waals surface area contributed by atoms with Crippen molar-refractivity contribution in [2.24, 2.45) is 0 Å². The quantitative estimate of drug-likeness (QED) is 0.164. The number of hydrogen-bond donors (Lipinski definition) is 0. The zero-order valence-electron chi connectivity index (χ0n) is 34.7. The standard InChI is InChI=1S/C56H48N2Si/c1-55(2)43-21-9-15-27-49(43)57(50-28-16-10-22-44(50)55)47-25-13-7-19-39(47)37-31-33-41-42-34-32-38(36-54(42)59(5,6)53(41)35-37)40-20-8-14-26-48(40)58-51-29-17-11-23-45(51)56(3,4)46-24-12-18-30-52(46)58/h7-36H,1-6H3. The van der Waals surface area contributed by atoms with Gasteiger partial charge in [0.2, 0.25) is 0 Å². The van der Waals surface area contributed by atoms with Crippen LogP contribution in [-0.2, 0) is 10.8 Å². The molecule has 286 valence electrons. The molecule has 0 saturated heterocycles. The van der Waals surface area contributed by atoms with Crippen molar-refractivity contribution in [3.8, 4) is 33.4 Å². The van der Waals surface area contributed by atoms with Gasteiger partial charge in [0, 0.05) is 22.0 Å². The Kier molecular flexibility index (Phi) is 7.74. The van der Waals surface area contributed by atoms with E-state index < -0.39 is 8.07 Å². The number of anilines is 6. The van der Waals surface area contributed by atoms with Gasteiger partial charge in [-0.2, -0.15) is 0 Å². The molecule has 0 spiro atoms. The van der Waals surface area contributed by atoms with Gasteiger partial charge in [-0.25, -0.2) is 0 Å². The molecule has 0 aliphatic carbocycles. The van der Waals surface area contributed by atoms with Gasteiger partial charge in [0.15, 0.2) is 0 Å². The summed E-state index contributed by atoms with van der Waals surface area (Å²) in [5.74, 6) is 0. The summed E-state index contributed by atoms with van der Waals surface area (Å²) in [5.41, 5.74) is 20.4. The molecule has 3 heteroatoms. The lowest BCUT2D eigenvalue weighted by Gasteiger charge is -2.42. The van der Waals surface area contributed by atoms with E-state index in [-0.39, 0.29) is 10.8 Å². The predicted octanol–water partition coefficient (Wildman–Crippen LogP) is 14.0. The summed E-state index contributed by atoms with van der Waals surface area (Å²) < 4.78 is 0. The lowest BCUT2D eigenvalue weighted by atomic mass is 9.73. The van der Waals surface area contributed by atoms with E-state index in [1.54, 1.807) is 0 Å². The minimum Gasteiger partial charge on any atom is -0.309 e. The average molecular weight is 777 g/mol. The topological polar surface area (TPSA) is 6.48 Å². The van der Waals surface area contributed by atoms with Crippen LogP contribution in [-0.4, -0.2) is 8.07 Å². The van der Waals surface area contributed by atoms with Crippen molar-refractivity contribution in [3.63, 3.8) is 0 Å². The van der Waals surface area contributed by atoms with Crippen molar-refractivity contribution in [1.82, 2.24) is 0 Å². The van der Waals surface area contributed by atoms with Gasteiger partial charge < -0.3 is 9.80 Å². The Labute approximate surface area is 350 Å². The molecule has 0 atom stereocenters. The first-order valence-corrected chi connectivity index (χ1v) is 24.0. The number of para-hydroxylation sites is 6. The fraction of sp³-hybridized carbons (Fsp3) is 0.143. The minimum absolute atomic E-state index is 0.105. The molecule has 0 saturated carbocycles. The lowest BCUT2D eigenvalue weighted by molar-refractivity contribution is 0.632. The first-order valence-electron chi connectivity index (χ1n) is 21.0. The zero-order chi connectivity index (χ0) is 40.3. The van der Waals surface area contributed by atoms with Crippen LogP contribution < -0.4 is 20.2 Å². The molecule has 11 rings (SSSR count). The van der Waals surface area contributed by atoms with Gasteiger partial charge in [0.25, 0.3) is 0 Å². The summed E-state index contributed by atoms with van der Waals surface area (Å²) >= 11 is 0. The Morgan fingerprint density at radius 3 is 0.949 bits per heavy atom. The number of hydrogen-bond acceptors (Lipinski definition) is 2. The molecule has 0 fully saturated rings. The molecule has 3 aliphatic rings. The van der Waals surface area contributed by atoms with E-state index in [0.717, 1.165) is 0 Å². The summed E-state index contributed by atoms with van der Waals surface area (Å²) in [4.78, 5) is 5.00. The minimum atomic E-state index is -2.12. The molecule has 0 unspecified atom stereocenters. The monoisotopic (exact) mass is 776 g/mol. The van der Waals surface area contributed by atoms with Gasteiger partial charge in [0.1, 0.15) is 8.07 Å². The first-order chi connectivity index (χ1) is 28.6. The summed E-state index contributed by atoms with van der Waals surface area (Å²) in [7, 11) is -2.12. The van der Waals surface area contributed by atoms with Gasteiger partial charge >= 0.3 is 0 Å². The third-order valence-electron chi connectivity index (χ3n) is 13.9. The Hall–Kier alpha value is -6.42. The molecule has 2 nitrogen and oxygen atoms in total. The molecule has 3 aliphatic heterocycles. The van der Waals surface area contributed by atoms with Crippen LogP contribution >= 0.6 is 0 Å². The fourth-order valence-electron chi connectivity index (χ4n) is 10.8. The molecule has 8 aromatic rings. The molecule has 0 bridgehead atoms. The van der Waals surface area contributed by atoms with Crippen LogP contribution in [0.4, 0.5) is 34.1 Å². The number of rotatable bonds is 4. The van der Waals surface area contributed by atoms with Crippen LogP contribution in [0.25, 0.3) is 33.4 Å². The molecule has 59 heavy (non-hydrogen) atoms. The number of fused-ring (bicyclic) bond motifs is 7. The van der Waals surface area contributed by atoms with Crippen LogP contribution in [0, 0.1) is 0 Å². The summed E-state index contributed by atoms with van der Waals surface area (Å²) in [5, 5.41) is 3.01. The molecule has 3 heterocycles. The van der Waals surface area contributed by atoms with Crippen LogP contribution in [0.2, 0.25) is 13.1 Å². The van der Waals surface area contributed by atoms with Crippen LogP contribution in [0.3, 0.4) is 0 Å². The molecule has 0 N–H and O–H groups in total. The Bertz CT molecular complexity index is 2700. The van der Waals surface area contributed by atoms with E-state index in [0.29, 0.717) is 0 Å². The predicted molar refractivity (Wildman–Crippen MR) is 253 cm³/mol. The molecule has 0 aromatic heterocycles. The second-order valence-corrected chi connectivity index (χ2v) is 22.5. The van der Waals surface area contributed by atoms with Crippen molar-refractivity contribution >= 4 is 52.6 Å². The van der Waals surface area contributed by atoms with E-state index in [9.17, 15) is 0 Å².